The van der Waals surface area contributed by atoms with E-state index in [4.69, 9.17) is 5.11 Å². The lowest BCUT2D eigenvalue weighted by Gasteiger charge is -2.05. The van der Waals surface area contributed by atoms with Gasteiger partial charge in [-0.15, -0.1) is 0 Å². The molecule has 1 aromatic heterocycles. The highest BCUT2D eigenvalue weighted by Crippen LogP contribution is 2.22. The summed E-state index contributed by atoms with van der Waals surface area (Å²) in [5.41, 5.74) is 1.01. The molecule has 0 bridgehead atoms. The topological polar surface area (TPSA) is 115 Å². The number of carbonyl (C=O) groups is 2. The number of rotatable bonds is 3. The van der Waals surface area contributed by atoms with Gasteiger partial charge in [-0.25, -0.2) is 4.79 Å². The van der Waals surface area contributed by atoms with E-state index in [9.17, 15) is 14.7 Å². The number of aromatic nitrogens is 2. The molecule has 0 fully saturated rings. The fraction of sp³-hybridized carbons (Fsp3) is 0.0833. The van der Waals surface area contributed by atoms with E-state index in [2.05, 4.69) is 15.5 Å². The van der Waals surface area contributed by atoms with Gasteiger partial charge in [0.25, 0.3) is 5.91 Å². The Labute approximate surface area is 107 Å². The van der Waals surface area contributed by atoms with Crippen LogP contribution in [0.3, 0.4) is 0 Å². The zero-order chi connectivity index (χ0) is 14.0. The zero-order valence-electron chi connectivity index (χ0n) is 9.97. The number of benzene rings is 1. The minimum atomic E-state index is -1.24. The van der Waals surface area contributed by atoms with Gasteiger partial charge < -0.3 is 15.5 Å². The van der Waals surface area contributed by atoms with Gasteiger partial charge in [0.1, 0.15) is 11.3 Å². The molecule has 0 spiro atoms. The van der Waals surface area contributed by atoms with Crippen molar-refractivity contribution < 1.29 is 19.8 Å². The molecule has 2 rings (SSSR count). The van der Waals surface area contributed by atoms with Gasteiger partial charge in [-0.3, -0.25) is 9.89 Å². The van der Waals surface area contributed by atoms with Gasteiger partial charge in [-0.1, -0.05) is 0 Å². The first-order valence-electron chi connectivity index (χ1n) is 5.37. The first kappa shape index (κ1) is 12.6. The first-order chi connectivity index (χ1) is 8.97. The summed E-state index contributed by atoms with van der Waals surface area (Å²) in [5, 5.41) is 27.2. The average molecular weight is 261 g/mol. The molecule has 0 aliphatic rings. The van der Waals surface area contributed by atoms with Crippen LogP contribution < -0.4 is 5.32 Å². The fourth-order valence-corrected chi connectivity index (χ4v) is 1.52. The SMILES string of the molecule is Cc1cc(C(=O)Nc2ccc(C(=O)O)c(O)c2)n[nH]1. The average Bonchev–Trinajstić information content (AvgIpc) is 2.75. The molecule has 0 saturated carbocycles. The van der Waals surface area contributed by atoms with Crippen LogP contribution in [-0.2, 0) is 0 Å². The molecule has 4 N–H and O–H groups in total. The summed E-state index contributed by atoms with van der Waals surface area (Å²) in [6, 6.07) is 5.34. The molecular formula is C12H11N3O4. The molecule has 0 aliphatic heterocycles. The number of amides is 1. The fourth-order valence-electron chi connectivity index (χ4n) is 1.52. The Morgan fingerprint density at radius 3 is 2.58 bits per heavy atom. The number of hydrogen-bond donors (Lipinski definition) is 4. The summed E-state index contributed by atoms with van der Waals surface area (Å²) < 4.78 is 0. The molecule has 0 unspecified atom stereocenters. The number of carboxylic acid groups (broad SMARTS) is 1. The Morgan fingerprint density at radius 2 is 2.05 bits per heavy atom. The smallest absolute Gasteiger partial charge is 0.339 e. The zero-order valence-corrected chi connectivity index (χ0v) is 9.97. The van der Waals surface area contributed by atoms with E-state index < -0.39 is 17.6 Å². The number of nitrogens with one attached hydrogen (secondary N) is 2. The molecule has 2 aromatic rings. The number of aromatic carboxylic acids is 1. The summed E-state index contributed by atoms with van der Waals surface area (Å²) in [5.74, 6) is -2.10. The minimum absolute atomic E-state index is 0.208. The van der Waals surface area contributed by atoms with E-state index >= 15 is 0 Å². The first-order valence-corrected chi connectivity index (χ1v) is 5.37. The minimum Gasteiger partial charge on any atom is -0.507 e. The maximum Gasteiger partial charge on any atom is 0.339 e. The van der Waals surface area contributed by atoms with E-state index in [1.54, 1.807) is 13.0 Å². The van der Waals surface area contributed by atoms with Crippen LogP contribution in [0.2, 0.25) is 0 Å². The van der Waals surface area contributed by atoms with Crippen LogP contribution in [0.4, 0.5) is 5.69 Å². The second-order valence-electron chi connectivity index (χ2n) is 3.93. The van der Waals surface area contributed by atoms with Crippen molar-refractivity contribution in [3.05, 3.63) is 41.2 Å². The van der Waals surface area contributed by atoms with Crippen LogP contribution in [0.25, 0.3) is 0 Å². The Bertz CT molecular complexity index is 648. The standard InChI is InChI=1S/C12H11N3O4/c1-6-4-9(15-14-6)11(17)13-7-2-3-8(12(18)19)10(16)5-7/h2-5,16H,1H3,(H,13,17)(H,14,15)(H,18,19). The summed E-state index contributed by atoms with van der Waals surface area (Å²) in [7, 11) is 0. The molecule has 0 saturated heterocycles. The third-order valence-corrected chi connectivity index (χ3v) is 2.42. The quantitative estimate of drug-likeness (QED) is 0.666. The summed E-state index contributed by atoms with van der Waals surface area (Å²) >= 11 is 0. The second kappa shape index (κ2) is 4.81. The predicted molar refractivity (Wildman–Crippen MR) is 66.3 cm³/mol. The molecule has 98 valence electrons. The van der Waals surface area contributed by atoms with Gasteiger partial charge >= 0.3 is 5.97 Å². The largest absolute Gasteiger partial charge is 0.507 e. The van der Waals surface area contributed by atoms with Crippen molar-refractivity contribution in [2.45, 2.75) is 6.92 Å². The summed E-state index contributed by atoms with van der Waals surface area (Å²) in [4.78, 5) is 22.5. The van der Waals surface area contributed by atoms with E-state index in [0.29, 0.717) is 0 Å². The van der Waals surface area contributed by atoms with Crippen molar-refractivity contribution in [1.29, 1.82) is 0 Å². The molecule has 0 atom stereocenters. The number of nitrogens with zero attached hydrogens (tertiary/aromatic N) is 1. The van der Waals surface area contributed by atoms with Crippen molar-refractivity contribution in [2.24, 2.45) is 0 Å². The monoisotopic (exact) mass is 261 g/mol. The maximum atomic E-state index is 11.8. The van der Waals surface area contributed by atoms with Crippen molar-refractivity contribution in [3.63, 3.8) is 0 Å². The number of aromatic amines is 1. The predicted octanol–water partition coefficient (Wildman–Crippen LogP) is 1.37. The molecule has 1 aromatic carbocycles. The second-order valence-corrected chi connectivity index (χ2v) is 3.93. The van der Waals surface area contributed by atoms with Crippen molar-refractivity contribution in [2.75, 3.05) is 5.32 Å². The molecule has 0 radical (unpaired) electrons. The number of hydrogen-bond acceptors (Lipinski definition) is 4. The molecule has 1 amide bonds. The highest BCUT2D eigenvalue weighted by molar-refractivity contribution is 6.03. The molecular weight excluding hydrogens is 250 g/mol. The Kier molecular flexibility index (Phi) is 3.19. The third kappa shape index (κ3) is 2.71. The van der Waals surface area contributed by atoms with Crippen LogP contribution in [0.1, 0.15) is 26.5 Å². The van der Waals surface area contributed by atoms with Gasteiger partial charge in [0.05, 0.1) is 0 Å². The maximum absolute atomic E-state index is 11.8. The van der Waals surface area contributed by atoms with Crippen LogP contribution in [0.5, 0.6) is 5.75 Å². The number of H-pyrrole nitrogens is 1. The van der Waals surface area contributed by atoms with Gasteiger partial charge in [-0.05, 0) is 25.1 Å². The Hall–Kier alpha value is -2.83. The number of carboxylic acids is 1. The highest BCUT2D eigenvalue weighted by atomic mass is 16.4. The van der Waals surface area contributed by atoms with Gasteiger partial charge in [0, 0.05) is 17.4 Å². The van der Waals surface area contributed by atoms with Crippen LogP contribution in [0.15, 0.2) is 24.3 Å². The van der Waals surface area contributed by atoms with Crippen molar-refractivity contribution >= 4 is 17.6 Å². The normalized spacial score (nSPS) is 10.2. The number of aromatic hydroxyl groups is 1. The van der Waals surface area contributed by atoms with Crippen LogP contribution >= 0.6 is 0 Å². The number of phenols is 1. The Morgan fingerprint density at radius 1 is 1.32 bits per heavy atom. The van der Waals surface area contributed by atoms with E-state index in [1.165, 1.54) is 18.2 Å². The molecule has 7 heteroatoms. The molecule has 7 nitrogen and oxygen atoms in total. The van der Waals surface area contributed by atoms with Gasteiger partial charge in [0.15, 0.2) is 5.69 Å². The lowest BCUT2D eigenvalue weighted by Crippen LogP contribution is -2.12. The molecule has 1 heterocycles. The van der Waals surface area contributed by atoms with Crippen LogP contribution in [0, 0.1) is 6.92 Å². The van der Waals surface area contributed by atoms with Crippen molar-refractivity contribution in [3.8, 4) is 5.75 Å². The Balaban J connectivity index is 2.18. The van der Waals surface area contributed by atoms with E-state index in [0.717, 1.165) is 5.69 Å². The van der Waals surface area contributed by atoms with Crippen LogP contribution in [-0.4, -0.2) is 32.3 Å². The molecule has 19 heavy (non-hydrogen) atoms. The molecule has 0 aliphatic carbocycles. The summed E-state index contributed by atoms with van der Waals surface area (Å²) in [6.07, 6.45) is 0. The number of carbonyl (C=O) groups excluding carboxylic acids is 1. The van der Waals surface area contributed by atoms with E-state index in [1.807, 2.05) is 0 Å². The van der Waals surface area contributed by atoms with E-state index in [-0.39, 0.29) is 16.9 Å². The lowest BCUT2D eigenvalue weighted by molar-refractivity contribution is 0.0693. The number of aryl methyl sites for hydroxylation is 1. The summed E-state index contributed by atoms with van der Waals surface area (Å²) in [6.45, 7) is 1.76. The van der Waals surface area contributed by atoms with Gasteiger partial charge in [0.2, 0.25) is 0 Å². The lowest BCUT2D eigenvalue weighted by atomic mass is 10.2. The third-order valence-electron chi connectivity index (χ3n) is 2.42. The van der Waals surface area contributed by atoms with Crippen molar-refractivity contribution in [1.82, 2.24) is 10.2 Å². The van der Waals surface area contributed by atoms with Gasteiger partial charge in [-0.2, -0.15) is 5.10 Å². The number of anilines is 1. The highest BCUT2D eigenvalue weighted by Gasteiger charge is 2.13.